The van der Waals surface area contributed by atoms with Crippen molar-refractivity contribution in [2.75, 3.05) is 6.54 Å². The Morgan fingerprint density at radius 2 is 2.17 bits per heavy atom. The lowest BCUT2D eigenvalue weighted by molar-refractivity contribution is -0.144. The highest BCUT2D eigenvalue weighted by atomic mass is 32.1. The number of nitrogens with zero attached hydrogens (tertiary/aromatic N) is 3. The SMILES string of the molecule is O=C(O)C(c1cccnc1)N1CCCC1c1nc2ccccc2s1. The second kappa shape index (κ2) is 6.30. The number of carboxylic acids is 1. The van der Waals surface area contributed by atoms with Crippen LogP contribution in [0.25, 0.3) is 10.2 Å². The summed E-state index contributed by atoms with van der Waals surface area (Å²) in [5, 5.41) is 10.8. The predicted octanol–water partition coefficient (Wildman–Crippen LogP) is 3.65. The molecule has 0 saturated carbocycles. The molecule has 24 heavy (non-hydrogen) atoms. The molecule has 1 aliphatic rings. The molecule has 1 N–H and O–H groups in total. The Hall–Kier alpha value is -2.31. The number of pyridine rings is 1. The summed E-state index contributed by atoms with van der Waals surface area (Å²) in [7, 11) is 0. The van der Waals surface area contributed by atoms with Gasteiger partial charge in [0.05, 0.1) is 16.3 Å². The average Bonchev–Trinajstić information content (AvgIpc) is 3.22. The summed E-state index contributed by atoms with van der Waals surface area (Å²) in [5.74, 6) is -0.837. The van der Waals surface area contributed by atoms with Crippen molar-refractivity contribution in [1.29, 1.82) is 0 Å². The highest BCUT2D eigenvalue weighted by Crippen LogP contribution is 2.41. The number of aliphatic carboxylic acids is 1. The minimum atomic E-state index is -0.837. The number of hydrogen-bond donors (Lipinski definition) is 1. The quantitative estimate of drug-likeness (QED) is 0.786. The van der Waals surface area contributed by atoms with Gasteiger partial charge in [0.2, 0.25) is 0 Å². The lowest BCUT2D eigenvalue weighted by atomic mass is 10.1. The van der Waals surface area contributed by atoms with E-state index < -0.39 is 12.0 Å². The Kier molecular flexibility index (Phi) is 4.00. The van der Waals surface area contributed by atoms with Crippen LogP contribution in [0.15, 0.2) is 48.8 Å². The van der Waals surface area contributed by atoms with Gasteiger partial charge in [-0.15, -0.1) is 11.3 Å². The number of rotatable bonds is 4. The number of aromatic nitrogens is 2. The van der Waals surface area contributed by atoms with Crippen LogP contribution < -0.4 is 0 Å². The van der Waals surface area contributed by atoms with Gasteiger partial charge < -0.3 is 5.11 Å². The normalized spacial score (nSPS) is 19.6. The van der Waals surface area contributed by atoms with Gasteiger partial charge in [-0.1, -0.05) is 18.2 Å². The number of carboxylic acid groups (broad SMARTS) is 1. The number of hydrogen-bond acceptors (Lipinski definition) is 5. The van der Waals surface area contributed by atoms with E-state index in [1.54, 1.807) is 29.8 Å². The van der Waals surface area contributed by atoms with Gasteiger partial charge in [0.25, 0.3) is 0 Å². The average molecular weight is 339 g/mol. The standard InChI is InChI=1S/C18H17N3O2S/c22-18(23)16(12-5-3-9-19-11-12)21-10-4-7-14(21)17-20-13-6-1-2-8-15(13)24-17/h1-3,5-6,8-9,11,14,16H,4,7,10H2,(H,22,23). The summed E-state index contributed by atoms with van der Waals surface area (Å²) in [6.45, 7) is 0.756. The largest absolute Gasteiger partial charge is 0.480 e. The van der Waals surface area contributed by atoms with Gasteiger partial charge in [-0.25, -0.2) is 4.98 Å². The molecule has 2 atom stereocenters. The number of fused-ring (bicyclic) bond motifs is 1. The van der Waals surface area contributed by atoms with Crippen molar-refractivity contribution in [3.05, 3.63) is 59.4 Å². The number of benzene rings is 1. The maximum atomic E-state index is 11.9. The third kappa shape index (κ3) is 2.68. The molecule has 0 spiro atoms. The van der Waals surface area contributed by atoms with E-state index in [4.69, 9.17) is 4.98 Å². The molecule has 2 unspecified atom stereocenters. The molecule has 0 amide bonds. The monoisotopic (exact) mass is 339 g/mol. The number of carbonyl (C=O) groups is 1. The van der Waals surface area contributed by atoms with E-state index in [1.165, 1.54) is 0 Å². The Morgan fingerprint density at radius 3 is 2.92 bits per heavy atom. The fraction of sp³-hybridized carbons (Fsp3) is 0.278. The minimum absolute atomic E-state index is 0.0451. The number of likely N-dealkylation sites (tertiary alicyclic amines) is 1. The van der Waals surface area contributed by atoms with Crippen molar-refractivity contribution in [2.45, 2.75) is 24.9 Å². The first-order valence-corrected chi connectivity index (χ1v) is 8.79. The molecule has 1 aromatic carbocycles. The first-order valence-electron chi connectivity index (χ1n) is 7.98. The van der Waals surface area contributed by atoms with Crippen molar-refractivity contribution in [3.8, 4) is 0 Å². The van der Waals surface area contributed by atoms with Gasteiger partial charge in [0.15, 0.2) is 0 Å². The van der Waals surface area contributed by atoms with Crippen molar-refractivity contribution in [2.24, 2.45) is 0 Å². The Morgan fingerprint density at radius 1 is 1.29 bits per heavy atom. The third-order valence-electron chi connectivity index (χ3n) is 4.46. The Labute approximate surface area is 143 Å². The molecule has 3 heterocycles. The molecule has 0 aliphatic carbocycles. The summed E-state index contributed by atoms with van der Waals surface area (Å²) in [6, 6.07) is 11.0. The van der Waals surface area contributed by atoms with E-state index in [0.29, 0.717) is 0 Å². The minimum Gasteiger partial charge on any atom is -0.480 e. The molecule has 5 nitrogen and oxygen atoms in total. The van der Waals surface area contributed by atoms with E-state index in [2.05, 4.69) is 16.0 Å². The van der Waals surface area contributed by atoms with Gasteiger partial charge in [-0.3, -0.25) is 14.7 Å². The highest BCUT2D eigenvalue weighted by Gasteiger charge is 2.38. The van der Waals surface area contributed by atoms with Gasteiger partial charge in [-0.2, -0.15) is 0 Å². The van der Waals surface area contributed by atoms with Gasteiger partial charge in [0.1, 0.15) is 11.0 Å². The Balaban J connectivity index is 1.72. The van der Waals surface area contributed by atoms with E-state index in [-0.39, 0.29) is 6.04 Å². The van der Waals surface area contributed by atoms with Gasteiger partial charge in [-0.05, 0) is 36.6 Å². The van der Waals surface area contributed by atoms with Crippen LogP contribution in [0.1, 0.15) is 35.5 Å². The topological polar surface area (TPSA) is 66.3 Å². The number of thiazole rings is 1. The van der Waals surface area contributed by atoms with Crippen LogP contribution in [0, 0.1) is 0 Å². The molecule has 1 saturated heterocycles. The first kappa shape index (κ1) is 15.2. The van der Waals surface area contributed by atoms with E-state index >= 15 is 0 Å². The molecule has 3 aromatic rings. The summed E-state index contributed by atoms with van der Waals surface area (Å²) >= 11 is 1.66. The molecular weight excluding hydrogens is 322 g/mol. The fourth-order valence-corrected chi connectivity index (χ4v) is 4.53. The molecule has 1 fully saturated rings. The smallest absolute Gasteiger partial charge is 0.325 e. The van der Waals surface area contributed by atoms with Crippen molar-refractivity contribution >= 4 is 27.5 Å². The van der Waals surface area contributed by atoms with Crippen LogP contribution >= 0.6 is 11.3 Å². The van der Waals surface area contributed by atoms with E-state index in [1.807, 2.05) is 24.3 Å². The van der Waals surface area contributed by atoms with Crippen LogP contribution in [-0.4, -0.2) is 32.5 Å². The number of para-hydroxylation sites is 1. The first-order chi connectivity index (χ1) is 11.7. The molecular formula is C18H17N3O2S. The second-order valence-electron chi connectivity index (χ2n) is 5.94. The van der Waals surface area contributed by atoms with Crippen LogP contribution in [0.5, 0.6) is 0 Å². The molecule has 4 rings (SSSR count). The zero-order chi connectivity index (χ0) is 16.5. The highest BCUT2D eigenvalue weighted by molar-refractivity contribution is 7.18. The van der Waals surface area contributed by atoms with Crippen molar-refractivity contribution in [3.63, 3.8) is 0 Å². The van der Waals surface area contributed by atoms with Crippen LogP contribution in [0.4, 0.5) is 0 Å². The lowest BCUT2D eigenvalue weighted by Crippen LogP contribution is -2.33. The van der Waals surface area contributed by atoms with Crippen LogP contribution in [-0.2, 0) is 4.79 Å². The zero-order valence-electron chi connectivity index (χ0n) is 13.0. The summed E-state index contributed by atoms with van der Waals surface area (Å²) < 4.78 is 1.15. The molecule has 2 aromatic heterocycles. The van der Waals surface area contributed by atoms with Crippen molar-refractivity contribution in [1.82, 2.24) is 14.9 Å². The summed E-state index contributed by atoms with van der Waals surface area (Å²) in [4.78, 5) is 22.8. The summed E-state index contributed by atoms with van der Waals surface area (Å²) in [6.07, 6.45) is 5.22. The lowest BCUT2D eigenvalue weighted by Gasteiger charge is -2.29. The second-order valence-corrected chi connectivity index (χ2v) is 7.01. The maximum absolute atomic E-state index is 11.9. The van der Waals surface area contributed by atoms with E-state index in [9.17, 15) is 9.90 Å². The molecule has 6 heteroatoms. The maximum Gasteiger partial charge on any atom is 0.325 e. The van der Waals surface area contributed by atoms with Crippen LogP contribution in [0.3, 0.4) is 0 Å². The van der Waals surface area contributed by atoms with Crippen molar-refractivity contribution < 1.29 is 9.90 Å². The summed E-state index contributed by atoms with van der Waals surface area (Å²) in [5.41, 5.74) is 1.70. The molecule has 122 valence electrons. The van der Waals surface area contributed by atoms with Gasteiger partial charge >= 0.3 is 5.97 Å². The fourth-order valence-electron chi connectivity index (χ4n) is 3.41. The third-order valence-corrected chi connectivity index (χ3v) is 5.59. The molecule has 0 bridgehead atoms. The molecule has 1 aliphatic heterocycles. The van der Waals surface area contributed by atoms with Crippen LogP contribution in [0.2, 0.25) is 0 Å². The van der Waals surface area contributed by atoms with E-state index in [0.717, 1.165) is 40.2 Å². The molecule has 0 radical (unpaired) electrons. The zero-order valence-corrected chi connectivity index (χ0v) is 13.8. The Bertz CT molecular complexity index is 832. The predicted molar refractivity (Wildman–Crippen MR) is 92.9 cm³/mol. The van der Waals surface area contributed by atoms with Gasteiger partial charge in [0, 0.05) is 18.9 Å².